The molecule has 1 aromatic rings. The van der Waals surface area contributed by atoms with Gasteiger partial charge in [0.1, 0.15) is 5.75 Å². The van der Waals surface area contributed by atoms with E-state index in [1.807, 2.05) is 20.1 Å². The van der Waals surface area contributed by atoms with Crippen LogP contribution in [0.5, 0.6) is 5.75 Å². The second-order valence-corrected chi connectivity index (χ2v) is 7.12. The average Bonchev–Trinajstić information content (AvgIpc) is 2.25. The lowest BCUT2D eigenvalue weighted by molar-refractivity contribution is -0.111. The predicted octanol–water partition coefficient (Wildman–Crippen LogP) is 4.65. The number of rotatable bonds is 5. The van der Waals surface area contributed by atoms with Gasteiger partial charge >= 0.3 is 0 Å². The summed E-state index contributed by atoms with van der Waals surface area (Å²) in [5.74, 6) is 0.913. The summed E-state index contributed by atoms with van der Waals surface area (Å²) in [5, 5.41) is 0.213. The zero-order valence-electron chi connectivity index (χ0n) is 13.7. The topological polar surface area (TPSA) is 26.3 Å². The number of aryl methyl sites for hydroxylation is 2. The molecule has 0 aliphatic heterocycles. The maximum atomic E-state index is 11.8. The zero-order chi connectivity index (χ0) is 15.5. The molecule has 0 saturated carbocycles. The Morgan fingerprint density at radius 2 is 1.90 bits per heavy atom. The van der Waals surface area contributed by atoms with Gasteiger partial charge in [0.2, 0.25) is 0 Å². The van der Waals surface area contributed by atoms with E-state index in [9.17, 15) is 4.79 Å². The maximum Gasteiger partial charge on any atom is 0.189 e. The van der Waals surface area contributed by atoms with Crippen molar-refractivity contribution in [2.75, 3.05) is 6.26 Å². The molecule has 0 aliphatic rings. The van der Waals surface area contributed by atoms with Crippen molar-refractivity contribution in [3.05, 3.63) is 28.8 Å². The average molecular weight is 294 g/mol. The quantitative estimate of drug-likeness (QED) is 0.791. The van der Waals surface area contributed by atoms with E-state index in [4.69, 9.17) is 4.74 Å². The van der Waals surface area contributed by atoms with Crippen LogP contribution in [0.4, 0.5) is 0 Å². The molecule has 0 spiro atoms. The molecule has 2 nitrogen and oxygen atoms in total. The number of hydrogen-bond acceptors (Lipinski definition) is 3. The van der Waals surface area contributed by atoms with E-state index in [1.165, 1.54) is 22.9 Å². The van der Waals surface area contributed by atoms with Gasteiger partial charge < -0.3 is 4.74 Å². The SMILES string of the molecule is CSC(=O)CC(C)(C)c1c(C)cc(C)cc1OC(C)C. The summed E-state index contributed by atoms with van der Waals surface area (Å²) in [6.07, 6.45) is 2.49. The molecule has 0 N–H and O–H groups in total. The molecule has 3 heteroatoms. The molecule has 20 heavy (non-hydrogen) atoms. The number of hydrogen-bond donors (Lipinski definition) is 0. The third-order valence-electron chi connectivity index (χ3n) is 3.30. The Kier molecular flexibility index (Phi) is 5.69. The van der Waals surface area contributed by atoms with Crippen LogP contribution in [0.25, 0.3) is 0 Å². The summed E-state index contributed by atoms with van der Waals surface area (Å²) in [4.78, 5) is 11.8. The summed E-state index contributed by atoms with van der Waals surface area (Å²) < 4.78 is 5.99. The van der Waals surface area contributed by atoms with Crippen LogP contribution in [0.15, 0.2) is 12.1 Å². The first-order valence-electron chi connectivity index (χ1n) is 7.02. The van der Waals surface area contributed by atoms with E-state index in [0.29, 0.717) is 6.42 Å². The highest BCUT2D eigenvalue weighted by molar-refractivity contribution is 8.13. The van der Waals surface area contributed by atoms with Crippen molar-refractivity contribution < 1.29 is 9.53 Å². The number of benzene rings is 1. The minimum atomic E-state index is -0.220. The van der Waals surface area contributed by atoms with Crippen LogP contribution in [-0.2, 0) is 10.2 Å². The Hall–Kier alpha value is -0.960. The molecule has 1 aromatic carbocycles. The van der Waals surface area contributed by atoms with Crippen molar-refractivity contribution in [3.63, 3.8) is 0 Å². The summed E-state index contributed by atoms with van der Waals surface area (Å²) in [7, 11) is 0. The smallest absolute Gasteiger partial charge is 0.189 e. The van der Waals surface area contributed by atoms with E-state index in [2.05, 4.69) is 39.8 Å². The van der Waals surface area contributed by atoms with Crippen molar-refractivity contribution in [1.82, 2.24) is 0 Å². The van der Waals surface area contributed by atoms with E-state index >= 15 is 0 Å². The Balaban J connectivity index is 3.30. The predicted molar refractivity (Wildman–Crippen MR) is 87.8 cm³/mol. The van der Waals surface area contributed by atoms with Crippen molar-refractivity contribution in [3.8, 4) is 5.75 Å². The molecular formula is C17H26O2S. The first kappa shape index (κ1) is 17.1. The third-order valence-corrected chi connectivity index (χ3v) is 3.90. The number of carbonyl (C=O) groups excluding carboxylic acids is 1. The Bertz CT molecular complexity index is 490. The van der Waals surface area contributed by atoms with Gasteiger partial charge in [-0.2, -0.15) is 0 Å². The van der Waals surface area contributed by atoms with Gasteiger partial charge in [0, 0.05) is 17.4 Å². The van der Waals surface area contributed by atoms with Crippen LogP contribution in [0.2, 0.25) is 0 Å². The van der Waals surface area contributed by atoms with E-state index in [-0.39, 0.29) is 16.6 Å². The largest absolute Gasteiger partial charge is 0.491 e. The van der Waals surface area contributed by atoms with Crippen molar-refractivity contribution in [2.45, 2.75) is 59.5 Å². The molecule has 0 atom stereocenters. The maximum absolute atomic E-state index is 11.8. The molecular weight excluding hydrogens is 268 g/mol. The molecule has 0 heterocycles. The normalized spacial score (nSPS) is 11.8. The highest BCUT2D eigenvalue weighted by atomic mass is 32.2. The lowest BCUT2D eigenvalue weighted by atomic mass is 9.78. The molecule has 0 aliphatic carbocycles. The second kappa shape index (κ2) is 6.66. The van der Waals surface area contributed by atoms with Crippen LogP contribution in [0.3, 0.4) is 0 Å². The van der Waals surface area contributed by atoms with Crippen LogP contribution in [0, 0.1) is 13.8 Å². The van der Waals surface area contributed by atoms with Crippen LogP contribution >= 0.6 is 11.8 Å². The summed E-state index contributed by atoms with van der Waals surface area (Å²) >= 11 is 1.30. The summed E-state index contributed by atoms with van der Waals surface area (Å²) in [5.41, 5.74) is 3.31. The number of carbonyl (C=O) groups is 1. The molecule has 0 fully saturated rings. The number of thioether (sulfide) groups is 1. The second-order valence-electron chi connectivity index (χ2n) is 6.26. The molecule has 0 aromatic heterocycles. The fraction of sp³-hybridized carbons (Fsp3) is 0.588. The first-order valence-corrected chi connectivity index (χ1v) is 8.25. The highest BCUT2D eigenvalue weighted by Gasteiger charge is 2.29. The van der Waals surface area contributed by atoms with Crippen molar-refractivity contribution in [1.29, 1.82) is 0 Å². The van der Waals surface area contributed by atoms with Gasteiger partial charge in [-0.25, -0.2) is 0 Å². The lowest BCUT2D eigenvalue weighted by Crippen LogP contribution is -2.24. The van der Waals surface area contributed by atoms with Crippen molar-refractivity contribution in [2.24, 2.45) is 0 Å². The molecule has 0 unspecified atom stereocenters. The van der Waals surface area contributed by atoms with Gasteiger partial charge in [-0.3, -0.25) is 4.79 Å². The summed E-state index contributed by atoms with van der Waals surface area (Å²) in [6.45, 7) is 12.5. The highest BCUT2D eigenvalue weighted by Crippen LogP contribution is 2.39. The summed E-state index contributed by atoms with van der Waals surface area (Å²) in [6, 6.07) is 4.24. The van der Waals surface area contributed by atoms with Crippen LogP contribution < -0.4 is 4.74 Å². The van der Waals surface area contributed by atoms with Crippen LogP contribution in [-0.4, -0.2) is 17.5 Å². The minimum Gasteiger partial charge on any atom is -0.491 e. The Labute approximate surface area is 127 Å². The van der Waals surface area contributed by atoms with Gasteiger partial charge in [0.05, 0.1) is 6.10 Å². The molecule has 112 valence electrons. The Morgan fingerprint density at radius 1 is 1.30 bits per heavy atom. The van der Waals surface area contributed by atoms with Crippen LogP contribution in [0.1, 0.15) is 50.8 Å². The molecule has 0 bridgehead atoms. The first-order chi connectivity index (χ1) is 9.17. The fourth-order valence-electron chi connectivity index (χ4n) is 2.66. The van der Waals surface area contributed by atoms with Gasteiger partial charge in [-0.15, -0.1) is 0 Å². The van der Waals surface area contributed by atoms with Gasteiger partial charge in [-0.1, -0.05) is 31.7 Å². The molecule has 0 saturated heterocycles. The molecule has 0 radical (unpaired) electrons. The van der Waals surface area contributed by atoms with E-state index in [0.717, 1.165) is 11.3 Å². The van der Waals surface area contributed by atoms with E-state index < -0.39 is 0 Å². The zero-order valence-corrected chi connectivity index (χ0v) is 14.5. The van der Waals surface area contributed by atoms with E-state index in [1.54, 1.807) is 0 Å². The molecule has 0 amide bonds. The fourth-order valence-corrected chi connectivity index (χ4v) is 3.17. The Morgan fingerprint density at radius 3 is 2.40 bits per heavy atom. The monoisotopic (exact) mass is 294 g/mol. The van der Waals surface area contributed by atoms with Gasteiger partial charge in [-0.05, 0) is 51.1 Å². The third kappa shape index (κ3) is 4.27. The van der Waals surface area contributed by atoms with Crippen molar-refractivity contribution >= 4 is 16.9 Å². The minimum absolute atomic E-state index is 0.127. The van der Waals surface area contributed by atoms with Gasteiger partial charge in [0.25, 0.3) is 0 Å². The molecule has 1 rings (SSSR count). The number of ether oxygens (including phenoxy) is 1. The van der Waals surface area contributed by atoms with Gasteiger partial charge in [0.15, 0.2) is 5.12 Å². The standard InChI is InChI=1S/C17H26O2S/c1-11(2)19-14-9-12(3)8-13(4)16(14)17(5,6)10-15(18)20-7/h8-9,11H,10H2,1-7H3. The lowest BCUT2D eigenvalue weighted by Gasteiger charge is -2.29.